The molecule has 0 saturated heterocycles. The van der Waals surface area contributed by atoms with Gasteiger partial charge in [-0.3, -0.25) is 9.98 Å². The lowest BCUT2D eigenvalue weighted by Gasteiger charge is -2.23. The second kappa shape index (κ2) is 3.97. The number of aliphatic imine (C=N–C) groups is 1. The molecule has 0 amide bonds. The summed E-state index contributed by atoms with van der Waals surface area (Å²) in [5, 5.41) is 0. The maximum absolute atomic E-state index is 4.50. The number of aryl methyl sites for hydroxylation is 1. The fraction of sp³-hybridized carbons (Fsp3) is 0.385. The Kier molecular flexibility index (Phi) is 2.67. The third-order valence-corrected chi connectivity index (χ3v) is 2.75. The molecule has 0 aromatic carbocycles. The van der Waals surface area contributed by atoms with Gasteiger partial charge in [0.25, 0.3) is 0 Å². The van der Waals surface area contributed by atoms with Gasteiger partial charge in [0, 0.05) is 12.1 Å². The monoisotopic (exact) mass is 200 g/mol. The second-order valence-corrected chi connectivity index (χ2v) is 4.06. The summed E-state index contributed by atoms with van der Waals surface area (Å²) in [7, 11) is 0. The van der Waals surface area contributed by atoms with Gasteiger partial charge in [-0.25, -0.2) is 0 Å². The van der Waals surface area contributed by atoms with E-state index in [1.165, 1.54) is 11.1 Å². The van der Waals surface area contributed by atoms with Crippen molar-refractivity contribution in [3.05, 3.63) is 35.2 Å². The smallest absolute Gasteiger partial charge is 0.0981 e. The van der Waals surface area contributed by atoms with Crippen molar-refractivity contribution in [2.45, 2.75) is 26.8 Å². The molecule has 2 rings (SSSR count). The molecule has 2 heteroatoms. The Morgan fingerprint density at radius 1 is 1.47 bits per heavy atom. The first kappa shape index (κ1) is 10.1. The van der Waals surface area contributed by atoms with Crippen molar-refractivity contribution in [1.82, 2.24) is 4.98 Å². The molecule has 1 aromatic rings. The molecule has 0 N–H and O–H groups in total. The summed E-state index contributed by atoms with van der Waals surface area (Å²) in [5.41, 5.74) is 3.52. The number of rotatable bonds is 1. The van der Waals surface area contributed by atoms with E-state index in [1.54, 1.807) is 0 Å². The number of nitrogens with zero attached hydrogens (tertiary/aromatic N) is 2. The van der Waals surface area contributed by atoms with Crippen LogP contribution in [0.1, 0.15) is 36.7 Å². The van der Waals surface area contributed by atoms with Crippen molar-refractivity contribution >= 4 is 12.3 Å². The molecule has 2 atom stereocenters. The Labute approximate surface area is 90.8 Å². The molecule has 78 valence electrons. The largest absolute Gasteiger partial charge is 0.287 e. The van der Waals surface area contributed by atoms with Gasteiger partial charge in [0.1, 0.15) is 0 Å². The molecule has 1 heterocycles. The third kappa shape index (κ3) is 1.84. The van der Waals surface area contributed by atoms with Crippen LogP contribution in [-0.4, -0.2) is 11.2 Å². The van der Waals surface area contributed by atoms with E-state index in [0.29, 0.717) is 5.92 Å². The van der Waals surface area contributed by atoms with E-state index in [1.807, 2.05) is 19.3 Å². The van der Waals surface area contributed by atoms with Crippen LogP contribution in [0, 0.1) is 12.8 Å². The van der Waals surface area contributed by atoms with Crippen LogP contribution < -0.4 is 0 Å². The molecule has 0 bridgehead atoms. The van der Waals surface area contributed by atoms with Gasteiger partial charge in [0.2, 0.25) is 0 Å². The van der Waals surface area contributed by atoms with Gasteiger partial charge in [-0.15, -0.1) is 0 Å². The second-order valence-electron chi connectivity index (χ2n) is 4.06. The molecule has 2 unspecified atom stereocenters. The van der Waals surface area contributed by atoms with E-state index < -0.39 is 0 Å². The summed E-state index contributed by atoms with van der Waals surface area (Å²) in [6, 6.07) is 2.36. The maximum Gasteiger partial charge on any atom is 0.0981 e. The zero-order valence-electron chi connectivity index (χ0n) is 9.44. The molecule has 0 fully saturated rings. The van der Waals surface area contributed by atoms with E-state index in [-0.39, 0.29) is 6.04 Å². The minimum Gasteiger partial charge on any atom is -0.287 e. The van der Waals surface area contributed by atoms with E-state index in [2.05, 4.69) is 42.0 Å². The lowest BCUT2D eigenvalue weighted by Crippen LogP contribution is -2.13. The van der Waals surface area contributed by atoms with Gasteiger partial charge in [0.15, 0.2) is 0 Å². The molecule has 2 nitrogen and oxygen atoms in total. The van der Waals surface area contributed by atoms with E-state index >= 15 is 0 Å². The van der Waals surface area contributed by atoms with Gasteiger partial charge < -0.3 is 0 Å². The van der Waals surface area contributed by atoms with Gasteiger partial charge in [-0.1, -0.05) is 19.1 Å². The first-order chi connectivity index (χ1) is 7.22. The van der Waals surface area contributed by atoms with E-state index in [0.717, 1.165) is 5.69 Å². The molecule has 0 aliphatic heterocycles. The van der Waals surface area contributed by atoms with Crippen LogP contribution >= 0.6 is 0 Å². The molecule has 1 aromatic heterocycles. The Hall–Kier alpha value is -1.44. The van der Waals surface area contributed by atoms with Gasteiger partial charge in [-0.2, -0.15) is 0 Å². The zero-order chi connectivity index (χ0) is 10.8. The molecule has 15 heavy (non-hydrogen) atoms. The maximum atomic E-state index is 4.50. The highest BCUT2D eigenvalue weighted by Gasteiger charge is 2.23. The lowest BCUT2D eigenvalue weighted by molar-refractivity contribution is 0.551. The first-order valence-electron chi connectivity index (χ1n) is 5.35. The fourth-order valence-electron chi connectivity index (χ4n) is 1.96. The van der Waals surface area contributed by atoms with Crippen LogP contribution in [0.25, 0.3) is 6.08 Å². The van der Waals surface area contributed by atoms with Gasteiger partial charge in [0.05, 0.1) is 11.7 Å². The van der Waals surface area contributed by atoms with Crippen LogP contribution in [0.5, 0.6) is 0 Å². The summed E-state index contributed by atoms with van der Waals surface area (Å²) < 4.78 is 0. The molecule has 0 radical (unpaired) electrons. The summed E-state index contributed by atoms with van der Waals surface area (Å²) >= 11 is 0. The Balaban J connectivity index is 2.49. The quantitative estimate of drug-likeness (QED) is 0.639. The van der Waals surface area contributed by atoms with Crippen LogP contribution in [0.15, 0.2) is 23.3 Å². The lowest BCUT2D eigenvalue weighted by atomic mass is 9.89. The molecule has 0 spiro atoms. The van der Waals surface area contributed by atoms with Crippen molar-refractivity contribution in [3.8, 4) is 0 Å². The highest BCUT2D eigenvalue weighted by atomic mass is 14.8. The Bertz CT molecular complexity index is 419. The van der Waals surface area contributed by atoms with E-state index in [4.69, 9.17) is 0 Å². The summed E-state index contributed by atoms with van der Waals surface area (Å²) in [5.74, 6) is 0.434. The topological polar surface area (TPSA) is 25.2 Å². The zero-order valence-corrected chi connectivity index (χ0v) is 9.44. The number of hydrogen-bond donors (Lipinski definition) is 0. The van der Waals surface area contributed by atoms with Crippen molar-refractivity contribution in [1.29, 1.82) is 0 Å². The van der Waals surface area contributed by atoms with Gasteiger partial charge in [-0.05, 0) is 37.3 Å². The van der Waals surface area contributed by atoms with Crippen molar-refractivity contribution in [3.63, 3.8) is 0 Å². The van der Waals surface area contributed by atoms with Crippen molar-refractivity contribution < 1.29 is 0 Å². The molecule has 0 saturated carbocycles. The summed E-state index contributed by atoms with van der Waals surface area (Å²) in [6.45, 7) is 6.20. The Morgan fingerprint density at radius 3 is 3.00 bits per heavy atom. The fourth-order valence-corrected chi connectivity index (χ4v) is 1.96. The van der Waals surface area contributed by atoms with E-state index in [9.17, 15) is 0 Å². The van der Waals surface area contributed by atoms with Crippen LogP contribution in [-0.2, 0) is 0 Å². The SMILES string of the molecule is C/C=N\C1c2ncc(C)cc2C=CC1C. The number of aromatic nitrogens is 1. The first-order valence-corrected chi connectivity index (χ1v) is 5.35. The van der Waals surface area contributed by atoms with Gasteiger partial charge >= 0.3 is 0 Å². The normalized spacial score (nSPS) is 24.5. The highest BCUT2D eigenvalue weighted by molar-refractivity contribution is 5.59. The predicted octanol–water partition coefficient (Wildman–Crippen LogP) is 3.18. The average Bonchev–Trinajstić information content (AvgIpc) is 2.22. The minimum absolute atomic E-state index is 0.190. The number of hydrogen-bond acceptors (Lipinski definition) is 2. The van der Waals surface area contributed by atoms with Crippen LogP contribution in [0.4, 0.5) is 0 Å². The highest BCUT2D eigenvalue weighted by Crippen LogP contribution is 2.33. The van der Waals surface area contributed by atoms with Crippen molar-refractivity contribution in [2.24, 2.45) is 10.9 Å². The van der Waals surface area contributed by atoms with Crippen LogP contribution in [0.2, 0.25) is 0 Å². The molecule has 1 aliphatic rings. The molecular formula is C13H16N2. The molecule has 1 aliphatic carbocycles. The number of pyridine rings is 1. The predicted molar refractivity (Wildman–Crippen MR) is 64.1 cm³/mol. The standard InChI is InChI=1S/C13H16N2/c1-4-14-12-10(3)5-6-11-7-9(2)8-15-13(11)12/h4-8,10,12H,1-3H3/b14-4-. The number of fused-ring (bicyclic) bond motifs is 1. The molecular weight excluding hydrogens is 184 g/mol. The summed E-state index contributed by atoms with van der Waals surface area (Å²) in [4.78, 5) is 9.00. The van der Waals surface area contributed by atoms with Crippen molar-refractivity contribution in [2.75, 3.05) is 0 Å². The summed E-state index contributed by atoms with van der Waals surface area (Å²) in [6.07, 6.45) is 8.15. The Morgan fingerprint density at radius 2 is 2.27 bits per heavy atom. The average molecular weight is 200 g/mol. The third-order valence-electron chi connectivity index (χ3n) is 2.75. The minimum atomic E-state index is 0.190. The van der Waals surface area contributed by atoms with Crippen LogP contribution in [0.3, 0.4) is 0 Å².